The number of alkyl halides is 6. The second-order valence-corrected chi connectivity index (χ2v) is 9.86. The molecule has 1 aliphatic rings. The van der Waals surface area contributed by atoms with Crippen LogP contribution in [0.1, 0.15) is 54.9 Å². The van der Waals surface area contributed by atoms with Crippen LogP contribution in [-0.4, -0.2) is 42.0 Å². The number of para-hydroxylation sites is 1. The molecule has 2 unspecified atom stereocenters. The second kappa shape index (κ2) is 12.7. The highest BCUT2D eigenvalue weighted by atomic mass is 19.4. The predicted molar refractivity (Wildman–Crippen MR) is 140 cm³/mol. The van der Waals surface area contributed by atoms with Crippen molar-refractivity contribution in [2.45, 2.75) is 64.5 Å². The van der Waals surface area contributed by atoms with Crippen LogP contribution < -0.4 is 16.4 Å². The number of fused-ring (bicyclic) bond motifs is 1. The van der Waals surface area contributed by atoms with Crippen molar-refractivity contribution in [3.8, 4) is 0 Å². The Labute approximate surface area is 232 Å². The Balaban J connectivity index is 2.04. The molecule has 0 aliphatic carbocycles. The zero-order chi connectivity index (χ0) is 30.5. The highest BCUT2D eigenvalue weighted by molar-refractivity contribution is 6.20. The topological polar surface area (TPSA) is 114 Å². The van der Waals surface area contributed by atoms with Crippen LogP contribution in [0.3, 0.4) is 0 Å². The number of hydrogen-bond donors (Lipinski definition) is 3. The van der Waals surface area contributed by atoms with Crippen molar-refractivity contribution in [1.29, 1.82) is 0 Å². The smallest absolute Gasteiger partial charge is 0.369 e. The van der Waals surface area contributed by atoms with Gasteiger partial charge in [-0.2, -0.15) is 26.3 Å². The molecule has 41 heavy (non-hydrogen) atoms. The van der Waals surface area contributed by atoms with Gasteiger partial charge < -0.3 is 16.4 Å². The molecule has 2 aromatic carbocycles. The molecule has 3 rings (SSSR count). The molecule has 222 valence electrons. The van der Waals surface area contributed by atoms with Gasteiger partial charge in [0, 0.05) is 35.8 Å². The first-order chi connectivity index (χ1) is 19.1. The number of halogens is 6. The maximum Gasteiger partial charge on any atom is 0.389 e. The lowest BCUT2D eigenvalue weighted by molar-refractivity contribution is -0.152. The minimum atomic E-state index is -4.76. The van der Waals surface area contributed by atoms with Crippen LogP contribution in [0.15, 0.2) is 47.5 Å². The molecule has 0 spiro atoms. The molecular formula is C28H30F6N4O3. The third kappa shape index (κ3) is 8.54. The Hall–Kier alpha value is -3.90. The molecule has 0 fully saturated rings. The van der Waals surface area contributed by atoms with Crippen molar-refractivity contribution >= 4 is 29.1 Å². The Bertz CT molecular complexity index is 1320. The highest BCUT2D eigenvalue weighted by Crippen LogP contribution is 2.33. The van der Waals surface area contributed by atoms with Gasteiger partial charge in [0.25, 0.3) is 5.91 Å². The molecule has 13 heteroatoms. The second-order valence-electron chi connectivity index (χ2n) is 9.86. The minimum Gasteiger partial charge on any atom is -0.369 e. The zero-order valence-electron chi connectivity index (χ0n) is 22.3. The Morgan fingerprint density at radius 1 is 1.00 bits per heavy atom. The molecule has 2 aromatic rings. The summed E-state index contributed by atoms with van der Waals surface area (Å²) in [6, 6.07) is 12.4. The first-order valence-corrected chi connectivity index (χ1v) is 12.9. The van der Waals surface area contributed by atoms with Gasteiger partial charge in [-0.25, -0.2) is 4.99 Å². The normalized spacial score (nSPS) is 17.0. The molecule has 0 saturated heterocycles. The van der Waals surface area contributed by atoms with E-state index in [0.717, 1.165) is 11.1 Å². The average Bonchev–Trinajstić information content (AvgIpc) is 3.00. The Kier molecular flexibility index (Phi) is 9.82. The van der Waals surface area contributed by atoms with Gasteiger partial charge in [0.05, 0.1) is 11.4 Å². The number of rotatable bonds is 10. The van der Waals surface area contributed by atoms with E-state index in [-0.39, 0.29) is 0 Å². The molecule has 1 heterocycles. The summed E-state index contributed by atoms with van der Waals surface area (Å²) in [6.45, 7) is 3.70. The van der Waals surface area contributed by atoms with E-state index in [1.807, 2.05) is 19.9 Å². The third-order valence-corrected chi connectivity index (χ3v) is 6.78. The molecule has 0 radical (unpaired) electrons. The number of hydrogen-bond acceptors (Lipinski definition) is 4. The van der Waals surface area contributed by atoms with Gasteiger partial charge in [0.15, 0.2) is 0 Å². The van der Waals surface area contributed by atoms with Gasteiger partial charge in [0.2, 0.25) is 18.0 Å². The van der Waals surface area contributed by atoms with Crippen LogP contribution in [0.25, 0.3) is 0 Å². The van der Waals surface area contributed by atoms with Crippen LogP contribution in [-0.2, 0) is 20.8 Å². The average molecular weight is 585 g/mol. The van der Waals surface area contributed by atoms with Gasteiger partial charge in [-0.15, -0.1) is 0 Å². The number of amides is 3. The summed E-state index contributed by atoms with van der Waals surface area (Å²) < 4.78 is 77.9. The number of nitrogens with one attached hydrogen (secondary N) is 2. The summed E-state index contributed by atoms with van der Waals surface area (Å²) in [6.07, 6.45) is -15.7. The van der Waals surface area contributed by atoms with Gasteiger partial charge in [-0.1, -0.05) is 48.9 Å². The summed E-state index contributed by atoms with van der Waals surface area (Å²) >= 11 is 0. The lowest BCUT2D eigenvalue weighted by Gasteiger charge is -2.26. The fourth-order valence-corrected chi connectivity index (χ4v) is 4.75. The first-order valence-electron chi connectivity index (χ1n) is 12.9. The van der Waals surface area contributed by atoms with Crippen molar-refractivity contribution < 1.29 is 40.7 Å². The maximum absolute atomic E-state index is 13.3. The van der Waals surface area contributed by atoms with Crippen LogP contribution in [0.4, 0.5) is 32.0 Å². The number of anilines is 1. The molecule has 0 aromatic heterocycles. The lowest BCUT2D eigenvalue weighted by atomic mass is 9.83. The van der Waals surface area contributed by atoms with Gasteiger partial charge >= 0.3 is 12.4 Å². The van der Waals surface area contributed by atoms with Crippen LogP contribution in [0.2, 0.25) is 0 Å². The number of carbonyl (C=O) groups is 3. The van der Waals surface area contributed by atoms with E-state index >= 15 is 0 Å². The summed E-state index contributed by atoms with van der Waals surface area (Å²) in [5, 5.41) is 4.98. The molecule has 0 bridgehead atoms. The first kappa shape index (κ1) is 31.6. The molecule has 4 N–H and O–H groups in total. The summed E-state index contributed by atoms with van der Waals surface area (Å²) in [5.74, 6) is -7.17. The number of benzodiazepines with no additional fused rings is 1. The van der Waals surface area contributed by atoms with Crippen molar-refractivity contribution in [3.05, 3.63) is 64.7 Å². The molecule has 7 nitrogen and oxygen atoms in total. The number of aryl methyl sites for hydroxylation is 2. The molecule has 1 aliphatic heterocycles. The fourth-order valence-electron chi connectivity index (χ4n) is 4.75. The van der Waals surface area contributed by atoms with Crippen LogP contribution >= 0.6 is 0 Å². The van der Waals surface area contributed by atoms with Crippen molar-refractivity contribution in [2.75, 3.05) is 5.32 Å². The number of primary amides is 1. The third-order valence-electron chi connectivity index (χ3n) is 6.78. The zero-order valence-corrected chi connectivity index (χ0v) is 22.3. The van der Waals surface area contributed by atoms with Gasteiger partial charge in [-0.05, 0) is 37.8 Å². The predicted octanol–water partition coefficient (Wildman–Crippen LogP) is 5.19. The van der Waals surface area contributed by atoms with Gasteiger partial charge in [-0.3, -0.25) is 14.4 Å². The maximum atomic E-state index is 13.3. The van der Waals surface area contributed by atoms with E-state index in [0.29, 0.717) is 28.9 Å². The molecule has 0 saturated carbocycles. The van der Waals surface area contributed by atoms with Crippen molar-refractivity contribution in [2.24, 2.45) is 22.6 Å². The molecule has 3 atom stereocenters. The Morgan fingerprint density at radius 2 is 1.61 bits per heavy atom. The quantitative estimate of drug-likeness (QED) is 0.334. The highest BCUT2D eigenvalue weighted by Gasteiger charge is 2.40. The number of nitrogens with zero attached hydrogens (tertiary/aromatic N) is 1. The molecular weight excluding hydrogens is 554 g/mol. The number of nitrogens with two attached hydrogens (primary N) is 1. The monoisotopic (exact) mass is 584 g/mol. The summed E-state index contributed by atoms with van der Waals surface area (Å²) in [5.41, 5.74) is 8.74. The van der Waals surface area contributed by atoms with E-state index in [2.05, 4.69) is 15.6 Å². The summed E-state index contributed by atoms with van der Waals surface area (Å²) in [4.78, 5) is 43.1. The Morgan fingerprint density at radius 3 is 2.17 bits per heavy atom. The SMILES string of the molecule is CCc1cccc2c1NC(=O)[C@@H](NC(=O)C(CCC(F)(F)F)C(CCC(F)(F)F)C(N)=O)N=C2c1cccc(C)c1. The number of benzene rings is 2. The number of aliphatic imine (C=N–C) groups is 1. The van der Waals surface area contributed by atoms with E-state index in [1.165, 1.54) is 0 Å². The van der Waals surface area contributed by atoms with E-state index in [4.69, 9.17) is 5.73 Å². The van der Waals surface area contributed by atoms with Crippen molar-refractivity contribution in [3.63, 3.8) is 0 Å². The summed E-state index contributed by atoms with van der Waals surface area (Å²) in [7, 11) is 0. The van der Waals surface area contributed by atoms with E-state index in [1.54, 1.807) is 36.4 Å². The van der Waals surface area contributed by atoms with E-state index < -0.39 is 73.8 Å². The lowest BCUT2D eigenvalue weighted by Crippen LogP contribution is -2.48. The van der Waals surface area contributed by atoms with Crippen molar-refractivity contribution in [1.82, 2.24) is 5.32 Å². The van der Waals surface area contributed by atoms with Crippen LogP contribution in [0.5, 0.6) is 0 Å². The molecule has 3 amide bonds. The van der Waals surface area contributed by atoms with Crippen LogP contribution in [0, 0.1) is 18.8 Å². The fraction of sp³-hybridized carbons (Fsp3) is 0.429. The standard InChI is InChI=1S/C28H30F6N4O3/c1-3-16-7-5-9-20-21(16)37-26(41)24(36-22(20)17-8-4-6-15(2)14-17)38-25(40)19(11-13-28(32,33)34)18(23(35)39)10-12-27(29,30)31/h4-9,14,18-19,24H,3,10-13H2,1-2H3,(H2,35,39)(H,37,41)(H,38,40)/t18?,19?,24-/m1/s1. The van der Waals surface area contributed by atoms with E-state index in [9.17, 15) is 40.7 Å². The van der Waals surface area contributed by atoms with Gasteiger partial charge in [0.1, 0.15) is 0 Å². The minimum absolute atomic E-state index is 0.304. The largest absolute Gasteiger partial charge is 0.389 e. The number of carbonyl (C=O) groups excluding carboxylic acids is 3.